The SMILES string of the molecule is CCCCCCCCc1cnc[nH]1.Cn1ccnc1. The number of nitrogens with zero attached hydrogens (tertiary/aromatic N) is 3. The molecule has 106 valence electrons. The molecule has 0 bridgehead atoms. The topological polar surface area (TPSA) is 46.5 Å². The fourth-order valence-corrected chi connectivity index (χ4v) is 1.84. The average molecular weight is 262 g/mol. The Morgan fingerprint density at radius 3 is 2.42 bits per heavy atom. The maximum absolute atomic E-state index is 3.99. The van der Waals surface area contributed by atoms with E-state index in [4.69, 9.17) is 0 Å². The van der Waals surface area contributed by atoms with E-state index in [1.165, 1.54) is 44.2 Å². The molecule has 0 amide bonds. The van der Waals surface area contributed by atoms with E-state index >= 15 is 0 Å². The van der Waals surface area contributed by atoms with Crippen LogP contribution in [-0.2, 0) is 13.5 Å². The average Bonchev–Trinajstić information content (AvgIpc) is 3.08. The summed E-state index contributed by atoms with van der Waals surface area (Å²) >= 11 is 0. The third-order valence-corrected chi connectivity index (χ3v) is 2.99. The van der Waals surface area contributed by atoms with Crippen molar-refractivity contribution in [3.63, 3.8) is 0 Å². The van der Waals surface area contributed by atoms with Gasteiger partial charge in [0.1, 0.15) is 0 Å². The highest BCUT2D eigenvalue weighted by atomic mass is 15.0. The Bertz CT molecular complexity index is 378. The molecule has 2 aromatic heterocycles. The highest BCUT2D eigenvalue weighted by molar-refractivity contribution is 4.93. The minimum atomic E-state index is 1.16. The summed E-state index contributed by atoms with van der Waals surface area (Å²) in [5.74, 6) is 0. The lowest BCUT2D eigenvalue weighted by molar-refractivity contribution is 0.605. The first-order valence-corrected chi connectivity index (χ1v) is 7.22. The predicted molar refractivity (Wildman–Crippen MR) is 78.9 cm³/mol. The van der Waals surface area contributed by atoms with Crippen LogP contribution in [0.4, 0.5) is 0 Å². The van der Waals surface area contributed by atoms with Crippen LogP contribution in [-0.4, -0.2) is 19.5 Å². The molecular weight excluding hydrogens is 236 g/mol. The molecule has 0 fully saturated rings. The van der Waals surface area contributed by atoms with E-state index in [-0.39, 0.29) is 0 Å². The van der Waals surface area contributed by atoms with E-state index in [1.54, 1.807) is 18.9 Å². The van der Waals surface area contributed by atoms with Gasteiger partial charge in [0.25, 0.3) is 0 Å². The van der Waals surface area contributed by atoms with Gasteiger partial charge in [-0.25, -0.2) is 9.97 Å². The molecule has 2 aromatic rings. The van der Waals surface area contributed by atoms with Gasteiger partial charge in [0.2, 0.25) is 0 Å². The molecule has 0 aliphatic heterocycles. The first-order valence-electron chi connectivity index (χ1n) is 7.22. The van der Waals surface area contributed by atoms with Crippen molar-refractivity contribution < 1.29 is 0 Å². The zero-order valence-corrected chi connectivity index (χ0v) is 12.2. The summed E-state index contributed by atoms with van der Waals surface area (Å²) in [5.41, 5.74) is 1.27. The van der Waals surface area contributed by atoms with Crippen LogP contribution < -0.4 is 0 Å². The second-order valence-electron chi connectivity index (χ2n) is 4.82. The number of H-pyrrole nitrogens is 1. The number of aromatic nitrogens is 4. The number of hydrogen-bond acceptors (Lipinski definition) is 2. The van der Waals surface area contributed by atoms with Gasteiger partial charge in [-0.15, -0.1) is 0 Å². The lowest BCUT2D eigenvalue weighted by Gasteiger charge is -1.98. The fourth-order valence-electron chi connectivity index (χ4n) is 1.84. The molecule has 4 heteroatoms. The van der Waals surface area contributed by atoms with Gasteiger partial charge in [-0.1, -0.05) is 39.0 Å². The molecule has 2 heterocycles. The molecule has 0 aliphatic rings. The van der Waals surface area contributed by atoms with Crippen LogP contribution in [0, 0.1) is 0 Å². The van der Waals surface area contributed by atoms with E-state index in [2.05, 4.69) is 21.9 Å². The smallest absolute Gasteiger partial charge is 0.0943 e. The lowest BCUT2D eigenvalue weighted by atomic mass is 10.1. The summed E-state index contributed by atoms with van der Waals surface area (Å²) in [4.78, 5) is 10.9. The molecule has 19 heavy (non-hydrogen) atoms. The van der Waals surface area contributed by atoms with Crippen molar-refractivity contribution >= 4 is 0 Å². The Balaban J connectivity index is 0.000000250. The van der Waals surface area contributed by atoms with E-state index in [0.717, 1.165) is 6.42 Å². The van der Waals surface area contributed by atoms with Crippen molar-refractivity contribution in [3.05, 3.63) is 36.9 Å². The lowest BCUT2D eigenvalue weighted by Crippen LogP contribution is -1.85. The molecule has 0 atom stereocenters. The molecular formula is C15H26N4. The number of aryl methyl sites for hydroxylation is 2. The highest BCUT2D eigenvalue weighted by Crippen LogP contribution is 2.07. The molecule has 1 N–H and O–H groups in total. The Kier molecular flexibility index (Phi) is 8.43. The molecule has 0 spiro atoms. The normalized spacial score (nSPS) is 10.0. The maximum atomic E-state index is 3.99. The molecule has 0 radical (unpaired) electrons. The van der Waals surface area contributed by atoms with Crippen LogP contribution in [0.2, 0.25) is 0 Å². The van der Waals surface area contributed by atoms with Crippen molar-refractivity contribution in [2.24, 2.45) is 7.05 Å². The largest absolute Gasteiger partial charge is 0.348 e. The van der Waals surface area contributed by atoms with Gasteiger partial charge < -0.3 is 9.55 Å². The van der Waals surface area contributed by atoms with Crippen molar-refractivity contribution in [3.8, 4) is 0 Å². The Morgan fingerprint density at radius 2 is 1.89 bits per heavy atom. The molecule has 4 nitrogen and oxygen atoms in total. The van der Waals surface area contributed by atoms with Gasteiger partial charge in [0, 0.05) is 31.3 Å². The minimum absolute atomic E-state index is 1.16. The Labute approximate surface area is 116 Å². The molecule has 0 aromatic carbocycles. The van der Waals surface area contributed by atoms with Gasteiger partial charge in [-0.2, -0.15) is 0 Å². The highest BCUT2D eigenvalue weighted by Gasteiger charge is 1.93. The Morgan fingerprint density at radius 1 is 1.11 bits per heavy atom. The number of aromatic amines is 1. The molecule has 2 rings (SSSR count). The number of imidazole rings is 2. The van der Waals surface area contributed by atoms with Crippen LogP contribution in [0.3, 0.4) is 0 Å². The van der Waals surface area contributed by atoms with Gasteiger partial charge in [0.15, 0.2) is 0 Å². The first kappa shape index (κ1) is 15.5. The van der Waals surface area contributed by atoms with E-state index < -0.39 is 0 Å². The number of nitrogens with one attached hydrogen (secondary N) is 1. The van der Waals surface area contributed by atoms with Crippen molar-refractivity contribution in [1.29, 1.82) is 0 Å². The third-order valence-electron chi connectivity index (χ3n) is 2.99. The second kappa shape index (κ2) is 10.4. The van der Waals surface area contributed by atoms with Gasteiger partial charge in [-0.05, 0) is 12.8 Å². The van der Waals surface area contributed by atoms with E-state index in [0.29, 0.717) is 0 Å². The summed E-state index contributed by atoms with van der Waals surface area (Å²) in [5, 5.41) is 0. The van der Waals surface area contributed by atoms with Crippen molar-refractivity contribution in [2.45, 2.75) is 51.9 Å². The molecule has 0 unspecified atom stereocenters. The number of unbranched alkanes of at least 4 members (excludes halogenated alkanes) is 5. The molecule has 0 saturated carbocycles. The maximum Gasteiger partial charge on any atom is 0.0943 e. The van der Waals surface area contributed by atoms with Gasteiger partial charge >= 0.3 is 0 Å². The second-order valence-corrected chi connectivity index (χ2v) is 4.82. The standard InChI is InChI=1S/C11H20N2.C4H6N2/c1-2-3-4-5-6-7-8-11-9-12-10-13-11;1-6-3-2-5-4-6/h9-10H,2-8H2,1H3,(H,12,13);2-4H,1H3. The summed E-state index contributed by atoms with van der Waals surface area (Å²) < 4.78 is 1.89. The fraction of sp³-hybridized carbons (Fsp3) is 0.600. The van der Waals surface area contributed by atoms with Crippen molar-refractivity contribution in [2.75, 3.05) is 0 Å². The van der Waals surface area contributed by atoms with Gasteiger partial charge in [0.05, 0.1) is 12.7 Å². The quantitative estimate of drug-likeness (QED) is 0.773. The van der Waals surface area contributed by atoms with E-state index in [9.17, 15) is 0 Å². The zero-order valence-electron chi connectivity index (χ0n) is 12.2. The monoisotopic (exact) mass is 262 g/mol. The molecule has 0 aliphatic carbocycles. The summed E-state index contributed by atoms with van der Waals surface area (Å²) in [7, 11) is 1.94. The number of hydrogen-bond donors (Lipinski definition) is 1. The van der Waals surface area contributed by atoms with Crippen LogP contribution in [0.5, 0.6) is 0 Å². The third kappa shape index (κ3) is 8.19. The first-order chi connectivity index (χ1) is 9.33. The summed E-state index contributed by atoms with van der Waals surface area (Å²) in [6.45, 7) is 2.25. The van der Waals surface area contributed by atoms with E-state index in [1.807, 2.05) is 24.0 Å². The van der Waals surface area contributed by atoms with Crippen molar-refractivity contribution in [1.82, 2.24) is 19.5 Å². The van der Waals surface area contributed by atoms with Crippen LogP contribution >= 0.6 is 0 Å². The van der Waals surface area contributed by atoms with Crippen LogP contribution in [0.1, 0.15) is 51.1 Å². The zero-order chi connectivity index (χ0) is 13.8. The summed E-state index contributed by atoms with van der Waals surface area (Å²) in [6.07, 6.45) is 18.4. The Hall–Kier alpha value is -1.58. The van der Waals surface area contributed by atoms with Crippen LogP contribution in [0.15, 0.2) is 31.2 Å². The number of rotatable bonds is 7. The summed E-state index contributed by atoms with van der Waals surface area (Å²) in [6, 6.07) is 0. The minimum Gasteiger partial charge on any atom is -0.348 e. The predicted octanol–water partition coefficient (Wildman–Crippen LogP) is 3.73. The molecule has 0 saturated heterocycles. The van der Waals surface area contributed by atoms with Gasteiger partial charge in [-0.3, -0.25) is 0 Å². The van der Waals surface area contributed by atoms with Crippen LogP contribution in [0.25, 0.3) is 0 Å².